The monoisotopic (exact) mass is 280 g/mol. The molecule has 2 rings (SSSR count). The third kappa shape index (κ3) is 4.32. The van der Waals surface area contributed by atoms with E-state index in [4.69, 9.17) is 11.0 Å². The summed E-state index contributed by atoms with van der Waals surface area (Å²) in [5.74, 6) is 0.376. The van der Waals surface area contributed by atoms with Crippen molar-refractivity contribution in [3.63, 3.8) is 0 Å². The van der Waals surface area contributed by atoms with E-state index in [1.54, 1.807) is 12.1 Å². The van der Waals surface area contributed by atoms with Gasteiger partial charge in [-0.15, -0.1) is 0 Å². The maximum Gasteiger partial charge on any atom is 0.219 e. The quantitative estimate of drug-likeness (QED) is 0.875. The van der Waals surface area contributed by atoms with Crippen LogP contribution in [0.25, 0.3) is 0 Å². The van der Waals surface area contributed by atoms with Crippen LogP contribution in [0.1, 0.15) is 17.5 Å². The van der Waals surface area contributed by atoms with Crippen LogP contribution in [-0.2, 0) is 11.3 Å². The molecule has 106 valence electrons. The molecule has 0 aliphatic heterocycles. The average Bonchev–Trinajstić information content (AvgIpc) is 2.52. The normalized spacial score (nSPS) is 9.86. The number of aromatic nitrogens is 1. The molecule has 0 saturated carbocycles. The Labute approximate surface area is 123 Å². The first-order valence-corrected chi connectivity index (χ1v) is 6.62. The largest absolute Gasteiger partial charge is 0.370 e. The first-order valence-electron chi connectivity index (χ1n) is 6.62. The molecule has 0 spiro atoms. The second kappa shape index (κ2) is 7.06. The Morgan fingerprint density at radius 1 is 1.24 bits per heavy atom. The van der Waals surface area contributed by atoms with Gasteiger partial charge >= 0.3 is 0 Å². The van der Waals surface area contributed by atoms with Crippen LogP contribution in [0.4, 0.5) is 5.82 Å². The minimum atomic E-state index is -0.346. The summed E-state index contributed by atoms with van der Waals surface area (Å²) >= 11 is 0. The van der Waals surface area contributed by atoms with Crippen LogP contribution in [0.3, 0.4) is 0 Å². The molecule has 1 aromatic carbocycles. The van der Waals surface area contributed by atoms with Gasteiger partial charge in [-0.25, -0.2) is 4.98 Å². The third-order valence-corrected chi connectivity index (χ3v) is 3.05. The second-order valence-corrected chi connectivity index (χ2v) is 4.64. The van der Waals surface area contributed by atoms with Crippen molar-refractivity contribution in [3.8, 4) is 6.07 Å². The summed E-state index contributed by atoms with van der Waals surface area (Å²) in [6.07, 6.45) is 1.78. The Bertz CT molecular complexity index is 632. The Morgan fingerprint density at radius 3 is 2.57 bits per heavy atom. The van der Waals surface area contributed by atoms with Gasteiger partial charge in [0, 0.05) is 25.7 Å². The molecule has 1 heterocycles. The predicted octanol–water partition coefficient (Wildman–Crippen LogP) is 1.84. The van der Waals surface area contributed by atoms with E-state index in [1.165, 1.54) is 6.20 Å². The van der Waals surface area contributed by atoms with Crippen molar-refractivity contribution < 1.29 is 4.79 Å². The number of nitriles is 1. The van der Waals surface area contributed by atoms with Crippen molar-refractivity contribution in [1.29, 1.82) is 5.26 Å². The zero-order valence-electron chi connectivity index (χ0n) is 11.6. The number of carbonyl (C=O) groups excluding carboxylic acids is 1. The first-order chi connectivity index (χ1) is 10.2. The number of hydrogen-bond acceptors (Lipinski definition) is 4. The van der Waals surface area contributed by atoms with Crippen molar-refractivity contribution in [2.45, 2.75) is 13.0 Å². The van der Waals surface area contributed by atoms with Gasteiger partial charge in [0.25, 0.3) is 0 Å². The minimum Gasteiger partial charge on any atom is -0.370 e. The number of benzene rings is 1. The first kappa shape index (κ1) is 14.5. The van der Waals surface area contributed by atoms with Gasteiger partial charge < -0.3 is 10.6 Å². The molecule has 21 heavy (non-hydrogen) atoms. The van der Waals surface area contributed by atoms with Gasteiger partial charge in [-0.05, 0) is 17.7 Å². The molecule has 1 aromatic heterocycles. The van der Waals surface area contributed by atoms with E-state index in [2.05, 4.69) is 4.98 Å². The second-order valence-electron chi connectivity index (χ2n) is 4.64. The predicted molar refractivity (Wildman–Crippen MR) is 80.3 cm³/mol. The number of hydrogen-bond donors (Lipinski definition) is 1. The van der Waals surface area contributed by atoms with Gasteiger partial charge in [0.2, 0.25) is 5.91 Å². The van der Waals surface area contributed by atoms with Crippen LogP contribution in [0.2, 0.25) is 0 Å². The fourth-order valence-corrected chi connectivity index (χ4v) is 1.96. The van der Waals surface area contributed by atoms with E-state index in [0.717, 1.165) is 11.4 Å². The number of anilines is 1. The van der Waals surface area contributed by atoms with Crippen molar-refractivity contribution in [3.05, 3.63) is 59.8 Å². The summed E-state index contributed by atoms with van der Waals surface area (Å²) < 4.78 is 0. The van der Waals surface area contributed by atoms with Gasteiger partial charge in [0.15, 0.2) is 0 Å². The number of nitrogens with zero attached hydrogens (tertiary/aromatic N) is 3. The molecule has 0 aliphatic rings. The van der Waals surface area contributed by atoms with Crippen molar-refractivity contribution in [1.82, 2.24) is 4.98 Å². The molecular weight excluding hydrogens is 264 g/mol. The van der Waals surface area contributed by atoms with Crippen molar-refractivity contribution in [2.75, 3.05) is 11.4 Å². The van der Waals surface area contributed by atoms with Crippen LogP contribution in [0.15, 0.2) is 48.7 Å². The van der Waals surface area contributed by atoms with Gasteiger partial charge in [-0.3, -0.25) is 4.79 Å². The van der Waals surface area contributed by atoms with Crippen LogP contribution in [-0.4, -0.2) is 17.4 Å². The van der Waals surface area contributed by atoms with E-state index in [9.17, 15) is 4.79 Å². The summed E-state index contributed by atoms with van der Waals surface area (Å²) in [6.45, 7) is 1.12. The van der Waals surface area contributed by atoms with Crippen molar-refractivity contribution in [2.24, 2.45) is 5.73 Å². The molecule has 0 unspecified atom stereocenters. The van der Waals surface area contributed by atoms with E-state index < -0.39 is 0 Å². The molecule has 1 amide bonds. The summed E-state index contributed by atoms with van der Waals surface area (Å²) in [6, 6.07) is 15.4. The molecule has 5 nitrogen and oxygen atoms in total. The molecule has 0 atom stereocenters. The van der Waals surface area contributed by atoms with E-state index >= 15 is 0 Å². The summed E-state index contributed by atoms with van der Waals surface area (Å²) in [5.41, 5.74) is 6.86. The fourth-order valence-electron chi connectivity index (χ4n) is 1.96. The zero-order chi connectivity index (χ0) is 15.1. The summed E-state index contributed by atoms with van der Waals surface area (Å²) in [4.78, 5) is 17.3. The maximum absolute atomic E-state index is 11.0. The van der Waals surface area contributed by atoms with E-state index in [1.807, 2.05) is 41.3 Å². The topological polar surface area (TPSA) is 83.0 Å². The Morgan fingerprint density at radius 2 is 2.00 bits per heavy atom. The van der Waals surface area contributed by atoms with Crippen molar-refractivity contribution >= 4 is 11.7 Å². The molecule has 0 saturated heterocycles. The van der Waals surface area contributed by atoms with Crippen LogP contribution in [0, 0.1) is 11.3 Å². The molecule has 0 aliphatic carbocycles. The standard InChI is InChI=1S/C16H16N4O/c17-10-14-6-7-16(19-11-14)20(9-8-15(18)21)12-13-4-2-1-3-5-13/h1-7,11H,8-9,12H2,(H2,18,21). The highest BCUT2D eigenvalue weighted by molar-refractivity contribution is 5.74. The third-order valence-electron chi connectivity index (χ3n) is 3.05. The Balaban J connectivity index is 2.18. The van der Waals surface area contributed by atoms with Crippen LogP contribution in [0.5, 0.6) is 0 Å². The molecule has 0 bridgehead atoms. The number of nitrogens with two attached hydrogens (primary N) is 1. The number of amides is 1. The highest BCUT2D eigenvalue weighted by Crippen LogP contribution is 2.15. The molecule has 2 aromatic rings. The number of pyridine rings is 1. The minimum absolute atomic E-state index is 0.258. The van der Waals surface area contributed by atoms with E-state index in [-0.39, 0.29) is 12.3 Å². The lowest BCUT2D eigenvalue weighted by molar-refractivity contribution is -0.117. The molecular formula is C16H16N4O. The number of rotatable bonds is 6. The van der Waals surface area contributed by atoms with Gasteiger partial charge in [-0.2, -0.15) is 5.26 Å². The SMILES string of the molecule is N#Cc1ccc(N(CCC(N)=O)Cc2ccccc2)nc1. The molecule has 0 fully saturated rings. The lowest BCUT2D eigenvalue weighted by atomic mass is 10.2. The van der Waals surface area contributed by atoms with E-state index in [0.29, 0.717) is 18.7 Å². The number of carbonyl (C=O) groups is 1. The number of primary amides is 1. The van der Waals surface area contributed by atoms with Gasteiger partial charge in [0.1, 0.15) is 11.9 Å². The molecule has 5 heteroatoms. The smallest absolute Gasteiger partial charge is 0.219 e. The molecule has 0 radical (unpaired) electrons. The van der Waals surface area contributed by atoms with Crippen LogP contribution >= 0.6 is 0 Å². The highest BCUT2D eigenvalue weighted by atomic mass is 16.1. The fraction of sp³-hybridized carbons (Fsp3) is 0.188. The van der Waals surface area contributed by atoms with Crippen LogP contribution < -0.4 is 10.6 Å². The average molecular weight is 280 g/mol. The molecule has 2 N–H and O–H groups in total. The van der Waals surface area contributed by atoms with Gasteiger partial charge in [-0.1, -0.05) is 30.3 Å². The zero-order valence-corrected chi connectivity index (χ0v) is 11.6. The Hall–Kier alpha value is -2.87. The highest BCUT2D eigenvalue weighted by Gasteiger charge is 2.10. The Kier molecular flexibility index (Phi) is 4.89. The lowest BCUT2D eigenvalue weighted by Crippen LogP contribution is -2.28. The van der Waals surface area contributed by atoms with Gasteiger partial charge in [0.05, 0.1) is 5.56 Å². The maximum atomic E-state index is 11.0. The summed E-state index contributed by atoms with van der Waals surface area (Å²) in [7, 11) is 0. The lowest BCUT2D eigenvalue weighted by Gasteiger charge is -2.23. The summed E-state index contributed by atoms with van der Waals surface area (Å²) in [5, 5.41) is 8.81.